The van der Waals surface area contributed by atoms with E-state index in [0.29, 0.717) is 5.56 Å². The van der Waals surface area contributed by atoms with Crippen LogP contribution in [0.1, 0.15) is 5.56 Å². The summed E-state index contributed by atoms with van der Waals surface area (Å²) in [6.45, 7) is -0.302. The highest BCUT2D eigenvalue weighted by atomic mass is 32.2. The summed E-state index contributed by atoms with van der Waals surface area (Å²) < 4.78 is 31.9. The predicted octanol–water partition coefficient (Wildman–Crippen LogP) is 0.0716. The largest absolute Gasteiger partial charge is 0.495 e. The van der Waals surface area contributed by atoms with E-state index >= 15 is 0 Å². The van der Waals surface area contributed by atoms with E-state index in [2.05, 4.69) is 14.9 Å². The molecule has 0 fully saturated rings. The molecule has 1 aromatic heterocycles. The molecule has 0 atom stereocenters. The Kier molecular flexibility index (Phi) is 4.24. The van der Waals surface area contributed by atoms with E-state index in [-0.39, 0.29) is 23.1 Å². The number of nitrogens with one attached hydrogen (secondary N) is 2. The summed E-state index contributed by atoms with van der Waals surface area (Å²) in [7, 11) is -2.63. The van der Waals surface area contributed by atoms with Crippen molar-refractivity contribution in [2.45, 2.75) is 11.5 Å². The molecule has 1 heterocycles. The summed E-state index contributed by atoms with van der Waals surface area (Å²) in [5.74, 6) is 0.0928. The predicted molar refractivity (Wildman–Crippen MR) is 74.6 cm³/mol. The number of aromatic amines is 1. The molecule has 9 heteroatoms. The molecule has 2 aromatic rings. The summed E-state index contributed by atoms with van der Waals surface area (Å²) >= 11 is 0. The van der Waals surface area contributed by atoms with Crippen LogP contribution in [0.2, 0.25) is 0 Å². The van der Waals surface area contributed by atoms with Gasteiger partial charge in [-0.2, -0.15) is 5.10 Å². The average Bonchev–Trinajstić information content (AvgIpc) is 2.48. The Morgan fingerprint density at radius 1 is 1.33 bits per heavy atom. The third-order valence-corrected chi connectivity index (χ3v) is 3.99. The van der Waals surface area contributed by atoms with Crippen LogP contribution < -0.4 is 15.0 Å². The fourth-order valence-electron chi connectivity index (χ4n) is 1.62. The highest BCUT2D eigenvalue weighted by Gasteiger charge is 2.20. The standard InChI is InChI=1S/C12H13N3O5S/c1-20-9-3-2-8(7-16)6-10(9)21(18,19)15-11-4-5-12(17)14-13-11/h2-6,16H,7H2,1H3,(H,13,15)(H,14,17). The second kappa shape index (κ2) is 5.94. The lowest BCUT2D eigenvalue weighted by molar-refractivity contribution is 0.281. The summed E-state index contributed by atoms with van der Waals surface area (Å²) in [4.78, 5) is 10.8. The van der Waals surface area contributed by atoms with Gasteiger partial charge in [-0.15, -0.1) is 0 Å². The van der Waals surface area contributed by atoms with Gasteiger partial charge in [-0.05, 0) is 23.8 Å². The van der Waals surface area contributed by atoms with Crippen LogP contribution in [0.25, 0.3) is 0 Å². The van der Waals surface area contributed by atoms with Gasteiger partial charge in [0, 0.05) is 6.07 Å². The lowest BCUT2D eigenvalue weighted by Gasteiger charge is -2.11. The summed E-state index contributed by atoms with van der Waals surface area (Å²) in [5, 5.41) is 14.8. The highest BCUT2D eigenvalue weighted by Crippen LogP contribution is 2.26. The zero-order valence-electron chi connectivity index (χ0n) is 11.0. The van der Waals surface area contributed by atoms with Gasteiger partial charge in [0.1, 0.15) is 10.6 Å². The molecule has 0 saturated heterocycles. The molecule has 112 valence electrons. The van der Waals surface area contributed by atoms with Crippen LogP contribution in [-0.4, -0.2) is 30.8 Å². The van der Waals surface area contributed by atoms with Crippen molar-refractivity contribution in [1.82, 2.24) is 10.2 Å². The minimum atomic E-state index is -3.97. The quantitative estimate of drug-likeness (QED) is 0.718. The number of aliphatic hydroxyl groups is 1. The molecular weight excluding hydrogens is 298 g/mol. The molecule has 0 aliphatic carbocycles. The highest BCUT2D eigenvalue weighted by molar-refractivity contribution is 7.92. The first-order valence-corrected chi connectivity index (χ1v) is 7.31. The molecule has 0 spiro atoms. The van der Waals surface area contributed by atoms with Crippen LogP contribution in [-0.2, 0) is 16.6 Å². The Morgan fingerprint density at radius 2 is 2.10 bits per heavy atom. The Balaban J connectivity index is 2.43. The van der Waals surface area contributed by atoms with E-state index in [1.54, 1.807) is 6.07 Å². The second-order valence-electron chi connectivity index (χ2n) is 4.06. The molecule has 3 N–H and O–H groups in total. The van der Waals surface area contributed by atoms with Crippen LogP contribution in [0.4, 0.5) is 5.82 Å². The van der Waals surface area contributed by atoms with Crippen molar-refractivity contribution in [3.63, 3.8) is 0 Å². The van der Waals surface area contributed by atoms with E-state index in [1.165, 1.54) is 25.3 Å². The van der Waals surface area contributed by atoms with Crippen molar-refractivity contribution < 1.29 is 18.3 Å². The molecule has 0 unspecified atom stereocenters. The second-order valence-corrected chi connectivity index (χ2v) is 5.71. The van der Waals surface area contributed by atoms with Gasteiger partial charge in [0.2, 0.25) is 0 Å². The fourth-order valence-corrected chi connectivity index (χ4v) is 2.85. The van der Waals surface area contributed by atoms with Crippen molar-refractivity contribution in [3.05, 3.63) is 46.2 Å². The number of benzene rings is 1. The minimum absolute atomic E-state index is 0.0361. The first kappa shape index (κ1) is 15.0. The number of hydrogen-bond acceptors (Lipinski definition) is 6. The summed E-state index contributed by atoms with van der Waals surface area (Å²) in [6.07, 6.45) is 0. The molecular formula is C12H13N3O5S. The molecule has 0 radical (unpaired) electrons. The fraction of sp³-hybridized carbons (Fsp3) is 0.167. The minimum Gasteiger partial charge on any atom is -0.495 e. The summed E-state index contributed by atoms with van der Waals surface area (Å²) in [6, 6.07) is 6.67. The number of rotatable bonds is 5. The third-order valence-electron chi connectivity index (χ3n) is 2.62. The van der Waals surface area contributed by atoms with Crippen molar-refractivity contribution in [1.29, 1.82) is 0 Å². The van der Waals surface area contributed by atoms with Crippen LogP contribution in [0.5, 0.6) is 5.75 Å². The van der Waals surface area contributed by atoms with Gasteiger partial charge in [-0.25, -0.2) is 13.5 Å². The molecule has 0 saturated carbocycles. The van der Waals surface area contributed by atoms with Crippen molar-refractivity contribution in [2.75, 3.05) is 11.8 Å². The van der Waals surface area contributed by atoms with E-state index < -0.39 is 15.6 Å². The van der Waals surface area contributed by atoms with Gasteiger partial charge in [-0.1, -0.05) is 6.07 Å². The van der Waals surface area contributed by atoms with Gasteiger partial charge in [0.25, 0.3) is 15.6 Å². The maximum atomic E-state index is 12.3. The Hall–Kier alpha value is -2.39. The van der Waals surface area contributed by atoms with Gasteiger partial charge in [0.05, 0.1) is 13.7 Å². The monoisotopic (exact) mass is 311 g/mol. The van der Waals surface area contributed by atoms with Gasteiger partial charge >= 0.3 is 0 Å². The number of H-pyrrole nitrogens is 1. The molecule has 8 nitrogen and oxygen atoms in total. The number of anilines is 1. The molecule has 21 heavy (non-hydrogen) atoms. The molecule has 0 bridgehead atoms. The zero-order chi connectivity index (χ0) is 15.5. The molecule has 2 rings (SSSR count). The molecule has 1 aromatic carbocycles. The van der Waals surface area contributed by atoms with Crippen LogP contribution in [0.3, 0.4) is 0 Å². The topological polar surface area (TPSA) is 121 Å². The van der Waals surface area contributed by atoms with E-state index in [0.717, 1.165) is 6.07 Å². The molecule has 0 aliphatic heterocycles. The maximum Gasteiger partial charge on any atom is 0.266 e. The molecule has 0 amide bonds. The summed E-state index contributed by atoms with van der Waals surface area (Å²) in [5.41, 5.74) is -0.0246. The van der Waals surface area contributed by atoms with Gasteiger partial charge in [-0.3, -0.25) is 9.52 Å². The van der Waals surface area contributed by atoms with Crippen molar-refractivity contribution in [2.24, 2.45) is 0 Å². The SMILES string of the molecule is COc1ccc(CO)cc1S(=O)(=O)Nc1ccc(=O)[nH]n1. The van der Waals surface area contributed by atoms with Crippen LogP contribution in [0, 0.1) is 0 Å². The first-order valence-electron chi connectivity index (χ1n) is 5.82. The lowest BCUT2D eigenvalue weighted by atomic mass is 10.2. The first-order chi connectivity index (χ1) is 9.96. The van der Waals surface area contributed by atoms with Crippen molar-refractivity contribution >= 4 is 15.8 Å². The number of sulfonamides is 1. The number of methoxy groups -OCH3 is 1. The Bertz CT molecular complexity index is 780. The number of aromatic nitrogens is 2. The van der Waals surface area contributed by atoms with Gasteiger partial charge in [0.15, 0.2) is 5.82 Å². The maximum absolute atomic E-state index is 12.3. The van der Waals surface area contributed by atoms with Crippen molar-refractivity contribution in [3.8, 4) is 5.75 Å². The third kappa shape index (κ3) is 3.38. The Morgan fingerprint density at radius 3 is 2.67 bits per heavy atom. The molecule has 0 aliphatic rings. The Labute approximate surface area is 120 Å². The van der Waals surface area contributed by atoms with Crippen LogP contribution >= 0.6 is 0 Å². The number of aliphatic hydroxyl groups excluding tert-OH is 1. The van der Waals surface area contributed by atoms with E-state index in [9.17, 15) is 13.2 Å². The van der Waals surface area contributed by atoms with Gasteiger partial charge < -0.3 is 9.84 Å². The smallest absolute Gasteiger partial charge is 0.266 e. The van der Waals surface area contributed by atoms with E-state index in [4.69, 9.17) is 9.84 Å². The number of ether oxygens (including phenoxy) is 1. The van der Waals surface area contributed by atoms with Crippen LogP contribution in [0.15, 0.2) is 40.0 Å². The van der Waals surface area contributed by atoms with E-state index in [1.807, 2.05) is 0 Å². The normalized spacial score (nSPS) is 11.1. The number of nitrogens with zero attached hydrogens (tertiary/aromatic N) is 1. The number of hydrogen-bond donors (Lipinski definition) is 3. The average molecular weight is 311 g/mol. The lowest BCUT2D eigenvalue weighted by Crippen LogP contribution is -2.17. The zero-order valence-corrected chi connectivity index (χ0v) is 11.8.